The summed E-state index contributed by atoms with van der Waals surface area (Å²) in [7, 11) is 0. The summed E-state index contributed by atoms with van der Waals surface area (Å²) in [5.74, 6) is 0. The number of imidazole rings is 1. The van der Waals surface area contributed by atoms with Crippen molar-refractivity contribution in [1.29, 1.82) is 0 Å². The predicted octanol–water partition coefficient (Wildman–Crippen LogP) is 17.8. The van der Waals surface area contributed by atoms with Gasteiger partial charge >= 0.3 is 0 Å². The fourth-order valence-corrected chi connectivity index (χ4v) is 13.9. The summed E-state index contributed by atoms with van der Waals surface area (Å²) in [6.07, 6.45) is 11.4. The van der Waals surface area contributed by atoms with E-state index in [1.807, 2.05) is 59.7 Å². The summed E-state index contributed by atoms with van der Waals surface area (Å²) < 4.78 is 13.0. The van der Waals surface area contributed by atoms with Crippen LogP contribution in [0.15, 0.2) is 230 Å². The van der Waals surface area contributed by atoms with E-state index in [2.05, 4.69) is 215 Å². The SMILES string of the molecule is C1=CNC(c2ccc3c4ccc5sc6ccccc6c5c4n(-c4ccccc4)c3c2)N1.Clc1cccnc1Br.c1ccc(-n2c3cc4c(cc3c3ccc5sc6ccccc6c5c32)c2cccnc2n2ccnc42)cc1. The van der Waals surface area contributed by atoms with Gasteiger partial charge in [-0.2, -0.15) is 0 Å². The molecule has 0 fully saturated rings. The molecule has 1 aliphatic heterocycles. The Kier molecular flexibility index (Phi) is 10.7. The molecule has 8 nitrogen and oxygen atoms in total. The number of aromatic nitrogens is 6. The van der Waals surface area contributed by atoms with Crippen molar-refractivity contribution in [3.8, 4) is 11.4 Å². The van der Waals surface area contributed by atoms with Crippen LogP contribution in [-0.4, -0.2) is 28.5 Å². The third kappa shape index (κ3) is 7.11. The van der Waals surface area contributed by atoms with Gasteiger partial charge in [0.15, 0.2) is 0 Å². The molecule has 0 aliphatic carbocycles. The molecule has 2 N–H and O–H groups in total. The minimum absolute atomic E-state index is 0.105. The van der Waals surface area contributed by atoms with Crippen LogP contribution in [0.2, 0.25) is 5.02 Å². The van der Waals surface area contributed by atoms with E-state index in [9.17, 15) is 0 Å². The topological polar surface area (TPSA) is 77.0 Å². The number of benzene rings is 8. The highest BCUT2D eigenvalue weighted by Crippen LogP contribution is 2.46. The number of hydrogen-bond donors (Lipinski definition) is 2. The van der Waals surface area contributed by atoms with Gasteiger partial charge < -0.3 is 19.8 Å². The molecular formula is C64H40BrClN8S2. The number of para-hydroxylation sites is 2. The Morgan fingerprint density at radius 3 is 1.61 bits per heavy atom. The number of fused-ring (bicyclic) bond motifs is 20. The van der Waals surface area contributed by atoms with Gasteiger partial charge in [-0.25, -0.2) is 15.0 Å². The van der Waals surface area contributed by atoms with Gasteiger partial charge in [-0.3, -0.25) is 4.40 Å². The van der Waals surface area contributed by atoms with Crippen LogP contribution in [0.1, 0.15) is 11.7 Å². The zero-order valence-electron chi connectivity index (χ0n) is 40.2. The summed E-state index contributed by atoms with van der Waals surface area (Å²) in [6.45, 7) is 0. The number of halogens is 2. The normalized spacial score (nSPS) is 12.7. The molecule has 16 aromatic rings. The van der Waals surface area contributed by atoms with Crippen molar-refractivity contribution in [2.75, 3.05) is 0 Å². The summed E-state index contributed by atoms with van der Waals surface area (Å²) >= 11 is 12.5. The first-order valence-corrected chi connectivity index (χ1v) is 27.7. The van der Waals surface area contributed by atoms with Gasteiger partial charge in [0.05, 0.1) is 27.1 Å². The summed E-state index contributed by atoms with van der Waals surface area (Å²) in [5.41, 5.74) is 10.4. The van der Waals surface area contributed by atoms with Crippen LogP contribution in [0.3, 0.4) is 0 Å². The Morgan fingerprint density at radius 1 is 0.434 bits per heavy atom. The Labute approximate surface area is 455 Å². The van der Waals surface area contributed by atoms with E-state index in [1.165, 1.54) is 101 Å². The molecule has 0 atom stereocenters. The quantitative estimate of drug-likeness (QED) is 0.136. The van der Waals surface area contributed by atoms with Gasteiger partial charge in [0.25, 0.3) is 0 Å². The van der Waals surface area contributed by atoms with Crippen molar-refractivity contribution >= 4 is 162 Å². The average molecular weight is 1100 g/mol. The Morgan fingerprint density at radius 2 is 0.974 bits per heavy atom. The highest BCUT2D eigenvalue weighted by Gasteiger charge is 2.23. The molecule has 0 spiro atoms. The van der Waals surface area contributed by atoms with Crippen molar-refractivity contribution < 1.29 is 0 Å². The molecule has 0 saturated carbocycles. The lowest BCUT2D eigenvalue weighted by Gasteiger charge is -2.14. The van der Waals surface area contributed by atoms with Crippen LogP contribution >= 0.6 is 50.2 Å². The molecule has 8 aromatic carbocycles. The standard InChI is InChI=1S/C32H18N4S.C27H19N3S.C5H3BrClN/c1-2-7-19(8-3-1)36-26-18-25-23(21-10-6-14-33-31(21)35-16-15-34-32(25)35)17-24(26)20-12-13-28-29(30(20)36)22-9-4-5-11-27(22)37-28;1-2-6-18(7-3-1)30-22-16-17(27-28-14-15-29-27)10-11-19(22)20-12-13-24-25(26(20)30)21-8-4-5-9-23(21)31-24;6-5-4(7)2-1-3-8-5/h1-18H;1-16,27-29H;1-3H. The van der Waals surface area contributed by atoms with E-state index in [1.54, 1.807) is 18.3 Å². The lowest BCUT2D eigenvalue weighted by Crippen LogP contribution is -2.20. The number of pyridine rings is 3. The van der Waals surface area contributed by atoms with Crippen molar-refractivity contribution in [3.05, 3.63) is 240 Å². The van der Waals surface area contributed by atoms with E-state index < -0.39 is 0 Å². The molecule has 17 rings (SSSR count). The summed E-state index contributed by atoms with van der Waals surface area (Å²) in [4.78, 5) is 13.3. The number of rotatable bonds is 3. The maximum Gasteiger partial charge on any atom is 0.146 e. The van der Waals surface area contributed by atoms with Gasteiger partial charge in [0.2, 0.25) is 0 Å². The van der Waals surface area contributed by atoms with Crippen molar-refractivity contribution in [2.45, 2.75) is 6.17 Å². The smallest absolute Gasteiger partial charge is 0.146 e. The maximum atomic E-state index is 5.60. The second-order valence-corrected chi connectivity index (χ2v) is 22.1. The minimum atomic E-state index is 0.105. The number of nitrogens with zero attached hydrogens (tertiary/aromatic N) is 6. The number of hydrogen-bond acceptors (Lipinski definition) is 7. The molecule has 12 heteroatoms. The zero-order chi connectivity index (χ0) is 50.4. The van der Waals surface area contributed by atoms with Gasteiger partial charge in [0, 0.05) is 121 Å². The maximum absolute atomic E-state index is 5.60. The van der Waals surface area contributed by atoms with Gasteiger partial charge in [-0.05, 0) is 118 Å². The zero-order valence-corrected chi connectivity index (χ0v) is 44.2. The van der Waals surface area contributed by atoms with Crippen LogP contribution in [0.5, 0.6) is 0 Å². The summed E-state index contributed by atoms with van der Waals surface area (Å²) in [5, 5.41) is 21.2. The predicted molar refractivity (Wildman–Crippen MR) is 324 cm³/mol. The van der Waals surface area contributed by atoms with Crippen LogP contribution in [0, 0.1) is 0 Å². The van der Waals surface area contributed by atoms with Crippen LogP contribution in [0.25, 0.3) is 123 Å². The van der Waals surface area contributed by atoms with Crippen molar-refractivity contribution in [2.24, 2.45) is 0 Å². The van der Waals surface area contributed by atoms with Crippen LogP contribution in [-0.2, 0) is 0 Å². The molecule has 76 heavy (non-hydrogen) atoms. The van der Waals surface area contributed by atoms with E-state index in [0.29, 0.717) is 9.63 Å². The Hall–Kier alpha value is -8.58. The van der Waals surface area contributed by atoms with E-state index in [-0.39, 0.29) is 6.17 Å². The first kappa shape index (κ1) is 44.9. The average Bonchev–Trinajstić information content (AvgIpc) is 4.51. The fourth-order valence-electron chi connectivity index (χ4n) is 11.3. The van der Waals surface area contributed by atoms with E-state index >= 15 is 0 Å². The summed E-state index contributed by atoms with van der Waals surface area (Å²) in [6, 6.07) is 67.3. The molecule has 8 aromatic heterocycles. The molecule has 0 amide bonds. The van der Waals surface area contributed by atoms with Gasteiger partial charge in [-0.15, -0.1) is 22.7 Å². The van der Waals surface area contributed by atoms with E-state index in [0.717, 1.165) is 27.8 Å². The lowest BCUT2D eigenvalue weighted by atomic mass is 10.0. The molecule has 1 aliphatic rings. The van der Waals surface area contributed by atoms with Gasteiger partial charge in [0.1, 0.15) is 22.1 Å². The van der Waals surface area contributed by atoms with Crippen molar-refractivity contribution in [3.63, 3.8) is 0 Å². The van der Waals surface area contributed by atoms with Crippen LogP contribution < -0.4 is 10.6 Å². The van der Waals surface area contributed by atoms with E-state index in [4.69, 9.17) is 21.6 Å². The first-order chi connectivity index (χ1) is 37.6. The monoisotopic (exact) mass is 1100 g/mol. The van der Waals surface area contributed by atoms with Gasteiger partial charge in [-0.1, -0.05) is 109 Å². The number of nitrogens with one attached hydrogen (secondary N) is 2. The Bertz CT molecular complexity index is 4970. The molecule has 0 bridgehead atoms. The Balaban J connectivity index is 0.000000118. The fraction of sp³-hybridized carbons (Fsp3) is 0.0156. The first-order valence-electron chi connectivity index (χ1n) is 24.9. The highest BCUT2D eigenvalue weighted by molar-refractivity contribution is 9.10. The second-order valence-electron chi connectivity index (χ2n) is 18.8. The molecule has 9 heterocycles. The molecule has 0 radical (unpaired) electrons. The van der Waals surface area contributed by atoms with Crippen LogP contribution in [0.4, 0.5) is 0 Å². The third-order valence-corrected chi connectivity index (χ3v) is 18.0. The third-order valence-electron chi connectivity index (χ3n) is 14.6. The molecule has 362 valence electrons. The van der Waals surface area contributed by atoms with Crippen molar-refractivity contribution in [1.82, 2.24) is 39.1 Å². The molecule has 0 saturated heterocycles. The largest absolute Gasteiger partial charge is 0.366 e. The lowest BCUT2D eigenvalue weighted by molar-refractivity contribution is 0.608. The highest BCUT2D eigenvalue weighted by atomic mass is 79.9. The second kappa shape index (κ2) is 18.1. The number of thiophene rings is 2. The molecule has 0 unspecified atom stereocenters. The molecular weight excluding hydrogens is 1060 g/mol. The minimum Gasteiger partial charge on any atom is -0.366 e.